The summed E-state index contributed by atoms with van der Waals surface area (Å²) >= 11 is 0. The monoisotopic (exact) mass is 230 g/mol. The van der Waals surface area contributed by atoms with Gasteiger partial charge in [-0.1, -0.05) is 0 Å². The summed E-state index contributed by atoms with van der Waals surface area (Å²) in [7, 11) is 1.90. The molecule has 0 radical (unpaired) electrons. The van der Waals surface area contributed by atoms with E-state index in [0.717, 1.165) is 35.8 Å². The summed E-state index contributed by atoms with van der Waals surface area (Å²) in [6, 6.07) is 6.15. The zero-order valence-corrected chi connectivity index (χ0v) is 9.69. The van der Waals surface area contributed by atoms with Gasteiger partial charge >= 0.3 is 0 Å². The van der Waals surface area contributed by atoms with Crippen LogP contribution in [0.3, 0.4) is 0 Å². The van der Waals surface area contributed by atoms with Gasteiger partial charge in [-0.2, -0.15) is 0 Å². The number of nitrogens with zero attached hydrogens (tertiary/aromatic N) is 1. The van der Waals surface area contributed by atoms with Crippen LogP contribution in [0.5, 0.6) is 5.75 Å². The van der Waals surface area contributed by atoms with E-state index in [-0.39, 0.29) is 0 Å². The molecule has 1 aliphatic heterocycles. The molecular weight excluding hydrogens is 216 g/mol. The lowest BCUT2D eigenvalue weighted by molar-refractivity contribution is 0.357. The number of nitrogens with one attached hydrogen (secondary N) is 1. The van der Waals surface area contributed by atoms with Crippen molar-refractivity contribution >= 4 is 0 Å². The van der Waals surface area contributed by atoms with Crippen molar-refractivity contribution in [2.75, 3.05) is 13.7 Å². The SMILES string of the molecule is CNCc1ncoc1-c1ccc2c(c1)CCO2. The molecule has 0 saturated heterocycles. The van der Waals surface area contributed by atoms with E-state index in [1.165, 1.54) is 12.0 Å². The van der Waals surface area contributed by atoms with E-state index in [9.17, 15) is 0 Å². The molecule has 1 aromatic heterocycles. The van der Waals surface area contributed by atoms with Gasteiger partial charge in [0.25, 0.3) is 0 Å². The van der Waals surface area contributed by atoms with Gasteiger partial charge < -0.3 is 14.5 Å². The van der Waals surface area contributed by atoms with Crippen LogP contribution in [-0.4, -0.2) is 18.6 Å². The maximum Gasteiger partial charge on any atom is 0.181 e. The summed E-state index contributed by atoms with van der Waals surface area (Å²) in [5.41, 5.74) is 3.25. The van der Waals surface area contributed by atoms with E-state index >= 15 is 0 Å². The first-order chi connectivity index (χ1) is 8.38. The lowest BCUT2D eigenvalue weighted by Crippen LogP contribution is -2.06. The maximum absolute atomic E-state index is 5.49. The van der Waals surface area contributed by atoms with Crippen LogP contribution in [0.15, 0.2) is 29.0 Å². The molecule has 4 heteroatoms. The zero-order valence-electron chi connectivity index (χ0n) is 9.69. The van der Waals surface area contributed by atoms with Crippen LogP contribution in [0, 0.1) is 0 Å². The van der Waals surface area contributed by atoms with E-state index in [2.05, 4.69) is 16.4 Å². The molecule has 17 heavy (non-hydrogen) atoms. The Balaban J connectivity index is 2.00. The predicted molar refractivity (Wildman–Crippen MR) is 63.9 cm³/mol. The number of rotatable bonds is 3. The van der Waals surface area contributed by atoms with Crippen molar-refractivity contribution < 1.29 is 9.15 Å². The number of oxazole rings is 1. The van der Waals surface area contributed by atoms with E-state index < -0.39 is 0 Å². The van der Waals surface area contributed by atoms with Gasteiger partial charge in [0.1, 0.15) is 11.4 Å². The minimum atomic E-state index is 0.708. The maximum atomic E-state index is 5.49. The quantitative estimate of drug-likeness (QED) is 0.876. The molecule has 2 aromatic rings. The molecule has 2 heterocycles. The highest BCUT2D eigenvalue weighted by Gasteiger charge is 2.16. The Morgan fingerprint density at radius 2 is 2.35 bits per heavy atom. The Kier molecular flexibility index (Phi) is 2.57. The van der Waals surface area contributed by atoms with Crippen LogP contribution in [-0.2, 0) is 13.0 Å². The molecule has 0 unspecified atom stereocenters. The number of aromatic nitrogens is 1. The van der Waals surface area contributed by atoms with Crippen molar-refractivity contribution in [3.8, 4) is 17.1 Å². The van der Waals surface area contributed by atoms with E-state index in [0.29, 0.717) is 6.54 Å². The van der Waals surface area contributed by atoms with Gasteiger partial charge in [-0.05, 0) is 30.8 Å². The van der Waals surface area contributed by atoms with Gasteiger partial charge in [0.15, 0.2) is 12.2 Å². The minimum Gasteiger partial charge on any atom is -0.493 e. The van der Waals surface area contributed by atoms with Crippen LogP contribution in [0.25, 0.3) is 11.3 Å². The Morgan fingerprint density at radius 1 is 1.41 bits per heavy atom. The summed E-state index contributed by atoms with van der Waals surface area (Å²) < 4.78 is 11.0. The highest BCUT2D eigenvalue weighted by Crippen LogP contribution is 2.31. The van der Waals surface area contributed by atoms with Gasteiger partial charge in [-0.25, -0.2) is 4.98 Å². The standard InChI is InChI=1S/C13H14N2O2/c1-14-7-11-13(17-8-15-11)10-2-3-12-9(6-10)4-5-16-12/h2-3,6,8,14H,4-5,7H2,1H3. The van der Waals surface area contributed by atoms with Crippen molar-refractivity contribution in [3.63, 3.8) is 0 Å². The molecule has 88 valence electrons. The average Bonchev–Trinajstić information content (AvgIpc) is 2.96. The molecule has 3 rings (SSSR count). The summed E-state index contributed by atoms with van der Waals surface area (Å²) in [5.74, 6) is 1.83. The number of ether oxygens (including phenoxy) is 1. The van der Waals surface area contributed by atoms with Crippen LogP contribution >= 0.6 is 0 Å². The molecule has 0 bridgehead atoms. The highest BCUT2D eigenvalue weighted by molar-refractivity contribution is 5.63. The molecular formula is C13H14N2O2. The number of hydrogen-bond donors (Lipinski definition) is 1. The fourth-order valence-corrected chi connectivity index (χ4v) is 2.13. The third-order valence-electron chi connectivity index (χ3n) is 2.94. The Morgan fingerprint density at radius 3 is 3.24 bits per heavy atom. The third-order valence-corrected chi connectivity index (χ3v) is 2.94. The molecule has 0 aliphatic carbocycles. The molecule has 0 spiro atoms. The molecule has 1 N–H and O–H groups in total. The Hall–Kier alpha value is -1.81. The van der Waals surface area contributed by atoms with Crippen LogP contribution in [0.2, 0.25) is 0 Å². The first-order valence-electron chi connectivity index (χ1n) is 5.71. The first-order valence-corrected chi connectivity index (χ1v) is 5.71. The number of hydrogen-bond acceptors (Lipinski definition) is 4. The first kappa shape index (κ1) is 10.4. The van der Waals surface area contributed by atoms with Gasteiger partial charge in [0, 0.05) is 18.5 Å². The summed E-state index contributed by atoms with van der Waals surface area (Å²) in [6.07, 6.45) is 2.46. The van der Waals surface area contributed by atoms with Crippen molar-refractivity contribution in [1.82, 2.24) is 10.3 Å². The third kappa shape index (κ3) is 1.80. The molecule has 4 nitrogen and oxygen atoms in total. The largest absolute Gasteiger partial charge is 0.493 e. The van der Waals surface area contributed by atoms with Crippen molar-refractivity contribution in [1.29, 1.82) is 0 Å². The van der Waals surface area contributed by atoms with Crippen molar-refractivity contribution in [2.45, 2.75) is 13.0 Å². The topological polar surface area (TPSA) is 47.3 Å². The van der Waals surface area contributed by atoms with Gasteiger partial charge in [-0.3, -0.25) is 0 Å². The molecule has 0 saturated carbocycles. The zero-order chi connectivity index (χ0) is 11.7. The lowest BCUT2D eigenvalue weighted by Gasteiger charge is -2.03. The second-order valence-corrected chi connectivity index (χ2v) is 4.08. The molecule has 0 amide bonds. The predicted octanol–water partition coefficient (Wildman–Crippen LogP) is 2.00. The van der Waals surface area contributed by atoms with E-state index in [4.69, 9.17) is 9.15 Å². The number of fused-ring (bicyclic) bond motifs is 1. The van der Waals surface area contributed by atoms with E-state index in [1.54, 1.807) is 0 Å². The smallest absolute Gasteiger partial charge is 0.181 e. The summed E-state index contributed by atoms with van der Waals surface area (Å²) in [5, 5.41) is 3.09. The Bertz CT molecular complexity index is 534. The normalized spacial score (nSPS) is 13.5. The van der Waals surface area contributed by atoms with Gasteiger partial charge in [-0.15, -0.1) is 0 Å². The van der Waals surface area contributed by atoms with E-state index in [1.807, 2.05) is 19.2 Å². The van der Waals surface area contributed by atoms with Crippen LogP contribution < -0.4 is 10.1 Å². The molecule has 0 fully saturated rings. The van der Waals surface area contributed by atoms with Crippen LogP contribution in [0.1, 0.15) is 11.3 Å². The average molecular weight is 230 g/mol. The van der Waals surface area contributed by atoms with Gasteiger partial charge in [0.2, 0.25) is 0 Å². The minimum absolute atomic E-state index is 0.708. The fraction of sp³-hybridized carbons (Fsp3) is 0.308. The van der Waals surface area contributed by atoms with Crippen molar-refractivity contribution in [2.24, 2.45) is 0 Å². The lowest BCUT2D eigenvalue weighted by atomic mass is 10.1. The summed E-state index contributed by atoms with van der Waals surface area (Å²) in [6.45, 7) is 1.48. The molecule has 0 atom stereocenters. The van der Waals surface area contributed by atoms with Gasteiger partial charge in [0.05, 0.1) is 6.61 Å². The summed E-state index contributed by atoms with van der Waals surface area (Å²) in [4.78, 5) is 4.22. The number of benzene rings is 1. The van der Waals surface area contributed by atoms with Crippen LogP contribution in [0.4, 0.5) is 0 Å². The highest BCUT2D eigenvalue weighted by atomic mass is 16.5. The molecule has 1 aromatic carbocycles. The second kappa shape index (κ2) is 4.22. The molecule has 1 aliphatic rings. The Labute approximate surface area is 99.6 Å². The fourth-order valence-electron chi connectivity index (χ4n) is 2.13. The van der Waals surface area contributed by atoms with Crippen molar-refractivity contribution in [3.05, 3.63) is 35.9 Å². The second-order valence-electron chi connectivity index (χ2n) is 4.08.